The number of carboxylic acid groups (broad SMARTS) is 1. The Morgan fingerprint density at radius 1 is 1.08 bits per heavy atom. The minimum atomic E-state index is -1.20. The Bertz CT molecular complexity index is 1170. The molecular weight excluding hydrogens is 488 g/mol. The van der Waals surface area contributed by atoms with Crippen molar-refractivity contribution in [3.8, 4) is 11.1 Å². The maximum atomic E-state index is 13.8. The van der Waals surface area contributed by atoms with Crippen molar-refractivity contribution < 1.29 is 33.7 Å². The summed E-state index contributed by atoms with van der Waals surface area (Å²) in [5, 5.41) is 12.4. The van der Waals surface area contributed by atoms with Gasteiger partial charge in [-0.25, -0.2) is 9.59 Å². The Labute approximate surface area is 223 Å². The molecule has 0 bridgehead atoms. The van der Waals surface area contributed by atoms with Crippen LogP contribution in [0.4, 0.5) is 4.79 Å². The van der Waals surface area contributed by atoms with Gasteiger partial charge >= 0.3 is 12.1 Å². The van der Waals surface area contributed by atoms with E-state index in [-0.39, 0.29) is 19.1 Å². The van der Waals surface area contributed by atoms with Crippen molar-refractivity contribution in [2.45, 2.75) is 77.0 Å². The lowest BCUT2D eigenvalue weighted by Gasteiger charge is -2.37. The van der Waals surface area contributed by atoms with Crippen molar-refractivity contribution in [1.82, 2.24) is 10.2 Å². The monoisotopic (exact) mass is 524 g/mol. The second kappa shape index (κ2) is 10.4. The second-order valence-corrected chi connectivity index (χ2v) is 11.2. The van der Waals surface area contributed by atoms with Gasteiger partial charge in [0.05, 0.1) is 18.3 Å². The fourth-order valence-electron chi connectivity index (χ4n) is 5.33. The van der Waals surface area contributed by atoms with Crippen LogP contribution in [0.5, 0.6) is 0 Å². The number of hydrogen-bond acceptors (Lipinski definition) is 6. The standard InChI is InChI=1S/C29H36N2O7/c1-17(38-28(2,3)4)24(25(32)31-23(26(33)34)16-37-29(31,5)6)30-27(35)36-15-22-20-13-9-7-11-18(20)19-12-8-10-14-21(19)22/h7-14,17,22-24H,15-16H2,1-6H3,(H,30,35)(H,33,34). The quantitative estimate of drug-likeness (QED) is 0.559. The van der Waals surface area contributed by atoms with E-state index < -0.39 is 47.5 Å². The molecule has 0 radical (unpaired) electrons. The number of benzene rings is 2. The van der Waals surface area contributed by atoms with Crippen LogP contribution in [0, 0.1) is 0 Å². The van der Waals surface area contributed by atoms with E-state index in [2.05, 4.69) is 5.32 Å². The number of amides is 2. The first-order valence-electron chi connectivity index (χ1n) is 12.8. The lowest BCUT2D eigenvalue weighted by Crippen LogP contribution is -2.61. The van der Waals surface area contributed by atoms with Crippen LogP contribution in [0.1, 0.15) is 58.6 Å². The maximum Gasteiger partial charge on any atom is 0.407 e. The minimum Gasteiger partial charge on any atom is -0.480 e. The molecule has 4 rings (SSSR count). The number of alkyl carbamates (subject to hydrolysis) is 1. The molecule has 1 saturated heterocycles. The first-order chi connectivity index (χ1) is 17.8. The molecular formula is C29H36N2O7. The van der Waals surface area contributed by atoms with E-state index in [0.29, 0.717) is 0 Å². The fourth-order valence-corrected chi connectivity index (χ4v) is 5.33. The summed E-state index contributed by atoms with van der Waals surface area (Å²) in [6, 6.07) is 13.6. The third-order valence-electron chi connectivity index (χ3n) is 6.90. The summed E-state index contributed by atoms with van der Waals surface area (Å²) in [6.07, 6.45) is -1.58. The molecule has 2 N–H and O–H groups in total. The number of ether oxygens (including phenoxy) is 3. The van der Waals surface area contributed by atoms with Crippen LogP contribution in [0.3, 0.4) is 0 Å². The molecule has 0 spiro atoms. The van der Waals surface area contributed by atoms with E-state index >= 15 is 0 Å². The molecule has 3 unspecified atom stereocenters. The summed E-state index contributed by atoms with van der Waals surface area (Å²) in [4.78, 5) is 39.9. The van der Waals surface area contributed by atoms with Crippen LogP contribution in [-0.4, -0.2) is 70.7 Å². The molecule has 1 heterocycles. The highest BCUT2D eigenvalue weighted by Crippen LogP contribution is 2.44. The number of aliphatic carboxylic acids is 1. The lowest BCUT2D eigenvalue weighted by molar-refractivity contribution is -0.161. The highest BCUT2D eigenvalue weighted by Gasteiger charge is 2.50. The van der Waals surface area contributed by atoms with E-state index in [9.17, 15) is 19.5 Å². The average molecular weight is 525 g/mol. The van der Waals surface area contributed by atoms with Gasteiger partial charge in [-0.3, -0.25) is 9.69 Å². The van der Waals surface area contributed by atoms with Gasteiger partial charge in [0.25, 0.3) is 5.91 Å². The Morgan fingerprint density at radius 2 is 1.63 bits per heavy atom. The molecule has 2 aromatic carbocycles. The maximum absolute atomic E-state index is 13.8. The molecule has 9 heteroatoms. The number of carboxylic acids is 1. The van der Waals surface area contributed by atoms with Crippen molar-refractivity contribution in [3.63, 3.8) is 0 Å². The third kappa shape index (κ3) is 5.54. The molecule has 1 aliphatic heterocycles. The Balaban J connectivity index is 1.54. The normalized spacial score (nSPS) is 19.8. The van der Waals surface area contributed by atoms with Gasteiger partial charge in [-0.15, -0.1) is 0 Å². The summed E-state index contributed by atoms with van der Waals surface area (Å²) < 4.78 is 17.3. The molecule has 3 atom stereocenters. The van der Waals surface area contributed by atoms with Crippen LogP contribution < -0.4 is 5.32 Å². The van der Waals surface area contributed by atoms with Crippen molar-refractivity contribution in [1.29, 1.82) is 0 Å². The number of nitrogens with one attached hydrogen (secondary N) is 1. The van der Waals surface area contributed by atoms with Crippen molar-refractivity contribution >= 4 is 18.0 Å². The Hall–Kier alpha value is -3.43. The average Bonchev–Trinajstić information content (AvgIpc) is 3.33. The first kappa shape index (κ1) is 27.6. The minimum absolute atomic E-state index is 0.0748. The van der Waals surface area contributed by atoms with Gasteiger partial charge < -0.3 is 24.6 Å². The SMILES string of the molecule is CC(OC(C)(C)C)C(NC(=O)OCC1c2ccccc2-c2ccccc21)C(=O)N1C(C(=O)O)COC1(C)C. The number of carbonyl (C=O) groups excluding carboxylic acids is 2. The molecule has 0 saturated carbocycles. The molecule has 2 amide bonds. The molecule has 204 valence electrons. The van der Waals surface area contributed by atoms with Gasteiger partial charge in [0.1, 0.15) is 18.4 Å². The van der Waals surface area contributed by atoms with Crippen LogP contribution in [0.25, 0.3) is 11.1 Å². The van der Waals surface area contributed by atoms with Crippen molar-refractivity contribution in [2.75, 3.05) is 13.2 Å². The van der Waals surface area contributed by atoms with Gasteiger partial charge in [-0.2, -0.15) is 0 Å². The summed E-state index contributed by atoms with van der Waals surface area (Å²) in [6.45, 7) is 10.3. The summed E-state index contributed by atoms with van der Waals surface area (Å²) in [5.74, 6) is -1.95. The second-order valence-electron chi connectivity index (χ2n) is 11.2. The first-order valence-corrected chi connectivity index (χ1v) is 12.8. The zero-order chi connectivity index (χ0) is 27.8. The molecule has 38 heavy (non-hydrogen) atoms. The van der Waals surface area contributed by atoms with E-state index in [1.54, 1.807) is 20.8 Å². The molecule has 2 aromatic rings. The van der Waals surface area contributed by atoms with Crippen LogP contribution >= 0.6 is 0 Å². The fraction of sp³-hybridized carbons (Fsp3) is 0.483. The van der Waals surface area contributed by atoms with E-state index in [1.807, 2.05) is 69.3 Å². The third-order valence-corrected chi connectivity index (χ3v) is 6.90. The van der Waals surface area contributed by atoms with Gasteiger partial charge in [0, 0.05) is 5.92 Å². The van der Waals surface area contributed by atoms with E-state index in [1.165, 1.54) is 0 Å². The largest absolute Gasteiger partial charge is 0.480 e. The number of nitrogens with zero attached hydrogens (tertiary/aromatic N) is 1. The van der Waals surface area contributed by atoms with Gasteiger partial charge in [-0.05, 0) is 63.8 Å². The molecule has 1 aliphatic carbocycles. The highest BCUT2D eigenvalue weighted by atomic mass is 16.6. The Morgan fingerprint density at radius 3 is 2.16 bits per heavy atom. The summed E-state index contributed by atoms with van der Waals surface area (Å²) >= 11 is 0. The smallest absolute Gasteiger partial charge is 0.407 e. The van der Waals surface area contributed by atoms with Gasteiger partial charge in [0.2, 0.25) is 0 Å². The number of carbonyl (C=O) groups is 3. The summed E-state index contributed by atoms with van der Waals surface area (Å²) in [7, 11) is 0. The van der Waals surface area contributed by atoms with E-state index in [4.69, 9.17) is 14.2 Å². The zero-order valence-electron chi connectivity index (χ0n) is 22.7. The lowest BCUT2D eigenvalue weighted by atomic mass is 9.98. The van der Waals surface area contributed by atoms with Gasteiger partial charge in [0.15, 0.2) is 6.04 Å². The van der Waals surface area contributed by atoms with Crippen molar-refractivity contribution in [2.24, 2.45) is 0 Å². The molecule has 0 aromatic heterocycles. The molecule has 9 nitrogen and oxygen atoms in total. The summed E-state index contributed by atoms with van der Waals surface area (Å²) in [5.41, 5.74) is 2.55. The predicted molar refractivity (Wildman–Crippen MR) is 141 cm³/mol. The van der Waals surface area contributed by atoms with Crippen LogP contribution in [0.15, 0.2) is 48.5 Å². The van der Waals surface area contributed by atoms with Crippen molar-refractivity contribution in [3.05, 3.63) is 59.7 Å². The molecule has 1 fully saturated rings. The van der Waals surface area contributed by atoms with Crippen LogP contribution in [0.2, 0.25) is 0 Å². The predicted octanol–water partition coefficient (Wildman–Crippen LogP) is 4.15. The topological polar surface area (TPSA) is 114 Å². The number of fused-ring (bicyclic) bond motifs is 3. The van der Waals surface area contributed by atoms with Crippen LogP contribution in [-0.2, 0) is 23.8 Å². The molecule has 2 aliphatic rings. The highest BCUT2D eigenvalue weighted by molar-refractivity contribution is 5.91. The van der Waals surface area contributed by atoms with Gasteiger partial charge in [-0.1, -0.05) is 48.5 Å². The van der Waals surface area contributed by atoms with E-state index in [0.717, 1.165) is 27.2 Å². The number of hydrogen-bond donors (Lipinski definition) is 2. The Kier molecular flexibility index (Phi) is 7.54. The number of rotatable bonds is 7. The zero-order valence-corrected chi connectivity index (χ0v) is 22.7.